The highest BCUT2D eigenvalue weighted by atomic mass is 35.5. The number of fused-ring (bicyclic) bond motifs is 1. The molecule has 0 spiro atoms. The Morgan fingerprint density at radius 1 is 1.21 bits per heavy atom. The van der Waals surface area contributed by atoms with Crippen LogP contribution in [0.2, 0.25) is 5.15 Å². The van der Waals surface area contributed by atoms with Crippen LogP contribution in [0.3, 0.4) is 0 Å². The van der Waals surface area contributed by atoms with Gasteiger partial charge in [-0.15, -0.1) is 0 Å². The van der Waals surface area contributed by atoms with Crippen LogP contribution >= 0.6 is 11.6 Å². The fourth-order valence-electron chi connectivity index (χ4n) is 2.51. The van der Waals surface area contributed by atoms with Crippen LogP contribution in [0.5, 0.6) is 0 Å². The number of hydrogen-bond acceptors (Lipinski definition) is 4. The molecule has 1 N–H and O–H groups in total. The Balaban J connectivity index is 1.92. The molecule has 0 unspecified atom stereocenters. The number of nitrogens with zero attached hydrogens (tertiary/aromatic N) is 3. The van der Waals surface area contributed by atoms with Crippen molar-refractivity contribution >= 4 is 28.3 Å². The summed E-state index contributed by atoms with van der Waals surface area (Å²) in [6.07, 6.45) is 3.37. The van der Waals surface area contributed by atoms with Crippen molar-refractivity contribution in [1.82, 2.24) is 14.9 Å². The quantitative estimate of drug-likeness (QED) is 0.725. The van der Waals surface area contributed by atoms with E-state index in [1.54, 1.807) is 18.5 Å². The highest BCUT2D eigenvalue weighted by Crippen LogP contribution is 2.23. The summed E-state index contributed by atoms with van der Waals surface area (Å²) >= 11 is 6.21. The van der Waals surface area contributed by atoms with Gasteiger partial charge in [0.05, 0.1) is 6.61 Å². The normalized spacial score (nSPS) is 10.8. The highest BCUT2D eigenvalue weighted by molar-refractivity contribution is 6.34. The number of rotatable bonds is 5. The molecule has 3 aromatic rings. The van der Waals surface area contributed by atoms with Crippen LogP contribution in [0.4, 0.5) is 0 Å². The zero-order chi connectivity index (χ0) is 16.9. The minimum absolute atomic E-state index is 0.132. The van der Waals surface area contributed by atoms with Crippen molar-refractivity contribution in [2.45, 2.75) is 6.54 Å². The smallest absolute Gasteiger partial charge is 0.272 e. The predicted octanol–water partition coefficient (Wildman–Crippen LogP) is 2.92. The standard InChI is InChI=1S/C18H16ClN3O2/c19-17-15-6-2-1-5-14(15)10-16(21-17)18(24)22(8-9-23)12-13-4-3-7-20-11-13/h1-7,10-11,23H,8-9,12H2. The molecule has 0 aliphatic rings. The first-order valence-corrected chi connectivity index (χ1v) is 7.91. The number of hydrogen-bond donors (Lipinski definition) is 1. The zero-order valence-electron chi connectivity index (χ0n) is 12.9. The summed E-state index contributed by atoms with van der Waals surface area (Å²) in [5.74, 6) is -0.277. The molecule has 0 saturated heterocycles. The van der Waals surface area contributed by atoms with Crippen LogP contribution in [-0.4, -0.2) is 39.0 Å². The van der Waals surface area contributed by atoms with Crippen molar-refractivity contribution in [2.75, 3.05) is 13.2 Å². The zero-order valence-corrected chi connectivity index (χ0v) is 13.6. The Hall–Kier alpha value is -2.50. The molecule has 0 fully saturated rings. The van der Waals surface area contributed by atoms with Crippen molar-refractivity contribution in [3.63, 3.8) is 0 Å². The van der Waals surface area contributed by atoms with Crippen LogP contribution in [0.1, 0.15) is 16.1 Å². The average Bonchev–Trinajstić information content (AvgIpc) is 2.61. The summed E-state index contributed by atoms with van der Waals surface area (Å²) in [6.45, 7) is 0.423. The van der Waals surface area contributed by atoms with Gasteiger partial charge in [-0.3, -0.25) is 9.78 Å². The maximum absolute atomic E-state index is 12.8. The number of carbonyl (C=O) groups is 1. The molecule has 2 heterocycles. The van der Waals surface area contributed by atoms with Crippen molar-refractivity contribution in [2.24, 2.45) is 0 Å². The van der Waals surface area contributed by atoms with E-state index in [4.69, 9.17) is 11.6 Å². The third-order valence-corrected chi connectivity index (χ3v) is 3.95. The van der Waals surface area contributed by atoms with Gasteiger partial charge in [-0.1, -0.05) is 41.9 Å². The van der Waals surface area contributed by atoms with E-state index in [0.717, 1.165) is 16.3 Å². The van der Waals surface area contributed by atoms with Crippen LogP contribution in [-0.2, 0) is 6.54 Å². The van der Waals surface area contributed by atoms with E-state index >= 15 is 0 Å². The molecule has 122 valence electrons. The van der Waals surface area contributed by atoms with Crippen LogP contribution < -0.4 is 0 Å². The van der Waals surface area contributed by atoms with E-state index in [2.05, 4.69) is 9.97 Å². The van der Waals surface area contributed by atoms with Crippen molar-refractivity contribution in [1.29, 1.82) is 0 Å². The summed E-state index contributed by atoms with van der Waals surface area (Å²) in [5.41, 5.74) is 1.14. The summed E-state index contributed by atoms with van der Waals surface area (Å²) in [6, 6.07) is 12.9. The first-order valence-electron chi connectivity index (χ1n) is 7.53. The molecule has 0 bridgehead atoms. The molecule has 0 atom stereocenters. The molecule has 24 heavy (non-hydrogen) atoms. The maximum atomic E-state index is 12.8. The molecule has 1 amide bonds. The second kappa shape index (κ2) is 7.38. The van der Waals surface area contributed by atoms with Gasteiger partial charge >= 0.3 is 0 Å². The van der Waals surface area contributed by atoms with E-state index in [-0.39, 0.29) is 24.8 Å². The van der Waals surface area contributed by atoms with E-state index in [9.17, 15) is 9.90 Å². The number of amides is 1. The number of aliphatic hydroxyl groups excluding tert-OH is 1. The SMILES string of the molecule is O=C(c1cc2ccccc2c(Cl)n1)N(CCO)Cc1cccnc1. The predicted molar refractivity (Wildman–Crippen MR) is 92.8 cm³/mol. The summed E-state index contributed by atoms with van der Waals surface area (Å²) in [7, 11) is 0. The molecule has 0 aliphatic carbocycles. The Morgan fingerprint density at radius 3 is 2.79 bits per heavy atom. The monoisotopic (exact) mass is 341 g/mol. The lowest BCUT2D eigenvalue weighted by Crippen LogP contribution is -2.33. The molecule has 3 rings (SSSR count). The molecule has 6 heteroatoms. The number of carbonyl (C=O) groups excluding carboxylic acids is 1. The van der Waals surface area contributed by atoms with Crippen molar-refractivity contribution in [3.05, 3.63) is 71.3 Å². The summed E-state index contributed by atoms with van der Waals surface area (Å²) in [4.78, 5) is 22.6. The fraction of sp³-hybridized carbons (Fsp3) is 0.167. The van der Waals surface area contributed by atoms with Gasteiger partial charge in [-0.05, 0) is 23.1 Å². The Morgan fingerprint density at radius 2 is 2.04 bits per heavy atom. The lowest BCUT2D eigenvalue weighted by atomic mass is 10.1. The molecule has 0 radical (unpaired) electrons. The topological polar surface area (TPSA) is 66.3 Å². The number of halogens is 1. The second-order valence-corrected chi connectivity index (χ2v) is 5.69. The Bertz CT molecular complexity index is 855. The third kappa shape index (κ3) is 3.53. The van der Waals surface area contributed by atoms with E-state index in [1.807, 2.05) is 36.4 Å². The average molecular weight is 342 g/mol. The second-order valence-electron chi connectivity index (χ2n) is 5.33. The van der Waals surface area contributed by atoms with Gasteiger partial charge in [0.2, 0.25) is 0 Å². The first kappa shape index (κ1) is 16.4. The van der Waals surface area contributed by atoms with Crippen molar-refractivity contribution in [3.8, 4) is 0 Å². The molecule has 0 aliphatic heterocycles. The number of aromatic nitrogens is 2. The summed E-state index contributed by atoms with van der Waals surface area (Å²) in [5, 5.41) is 11.2. The van der Waals surface area contributed by atoms with Gasteiger partial charge in [0.1, 0.15) is 10.8 Å². The van der Waals surface area contributed by atoms with Gasteiger partial charge < -0.3 is 10.0 Å². The van der Waals surface area contributed by atoms with Gasteiger partial charge in [-0.2, -0.15) is 0 Å². The lowest BCUT2D eigenvalue weighted by molar-refractivity contribution is 0.0702. The third-order valence-electron chi connectivity index (χ3n) is 3.67. The molecule has 0 saturated carbocycles. The van der Waals surface area contributed by atoms with Crippen LogP contribution in [0, 0.1) is 0 Å². The fourth-order valence-corrected chi connectivity index (χ4v) is 2.78. The molecule has 5 nitrogen and oxygen atoms in total. The molecular weight excluding hydrogens is 326 g/mol. The molecule has 1 aromatic carbocycles. The van der Waals surface area contributed by atoms with Gasteiger partial charge in [0.25, 0.3) is 5.91 Å². The summed E-state index contributed by atoms with van der Waals surface area (Å²) < 4.78 is 0. The minimum atomic E-state index is -0.277. The maximum Gasteiger partial charge on any atom is 0.272 e. The van der Waals surface area contributed by atoms with Gasteiger partial charge in [0.15, 0.2) is 0 Å². The highest BCUT2D eigenvalue weighted by Gasteiger charge is 2.19. The molecule has 2 aromatic heterocycles. The van der Waals surface area contributed by atoms with Crippen molar-refractivity contribution < 1.29 is 9.90 Å². The largest absolute Gasteiger partial charge is 0.395 e. The lowest BCUT2D eigenvalue weighted by Gasteiger charge is -2.21. The van der Waals surface area contributed by atoms with E-state index in [0.29, 0.717) is 11.7 Å². The Kier molecular flexibility index (Phi) is 5.03. The van der Waals surface area contributed by atoms with Crippen LogP contribution in [0.25, 0.3) is 10.8 Å². The number of benzene rings is 1. The number of pyridine rings is 2. The minimum Gasteiger partial charge on any atom is -0.395 e. The van der Waals surface area contributed by atoms with Gasteiger partial charge in [-0.25, -0.2) is 4.98 Å². The van der Waals surface area contributed by atoms with E-state index in [1.165, 1.54) is 4.90 Å². The molecular formula is C18H16ClN3O2. The first-order chi connectivity index (χ1) is 11.7. The van der Waals surface area contributed by atoms with E-state index < -0.39 is 0 Å². The van der Waals surface area contributed by atoms with Gasteiger partial charge in [0, 0.05) is 30.9 Å². The van der Waals surface area contributed by atoms with Crippen LogP contribution in [0.15, 0.2) is 54.9 Å². The Labute approximate surface area is 144 Å². The number of aliphatic hydroxyl groups is 1.